The number of thiocarbonyl (C=S) groups is 1. The number of ketones is 1. The molecule has 1 aromatic carbocycles. The van der Waals surface area contributed by atoms with Gasteiger partial charge in [0.15, 0.2) is 5.78 Å². The van der Waals surface area contributed by atoms with E-state index in [4.69, 9.17) is 12.2 Å². The number of aliphatic hydroxyl groups excluding tert-OH is 1. The van der Waals surface area contributed by atoms with E-state index in [0.29, 0.717) is 22.4 Å². The van der Waals surface area contributed by atoms with Crippen LogP contribution in [0.2, 0.25) is 0 Å². The molecule has 1 atom stereocenters. The molecule has 0 aromatic heterocycles. The molecule has 2 nitrogen and oxygen atoms in total. The van der Waals surface area contributed by atoms with Gasteiger partial charge in [0.05, 0.1) is 0 Å². The molecule has 0 radical (unpaired) electrons. The van der Waals surface area contributed by atoms with Gasteiger partial charge in [-0.25, -0.2) is 0 Å². The Hall–Kier alpha value is -1.58. The molecule has 1 aromatic rings. The lowest BCUT2D eigenvalue weighted by atomic mass is 9.94. The van der Waals surface area contributed by atoms with E-state index in [2.05, 4.69) is 0 Å². The average Bonchev–Trinajstić information content (AvgIpc) is 2.39. The summed E-state index contributed by atoms with van der Waals surface area (Å²) in [5.74, 6) is -0.311. The van der Waals surface area contributed by atoms with Crippen LogP contribution >= 0.6 is 12.2 Å². The van der Waals surface area contributed by atoms with E-state index >= 15 is 0 Å². The third-order valence-corrected chi connectivity index (χ3v) is 3.04. The summed E-state index contributed by atoms with van der Waals surface area (Å²) in [4.78, 5) is 12.6. The third kappa shape index (κ3) is 2.57. The van der Waals surface area contributed by atoms with Gasteiger partial charge in [-0.3, -0.25) is 4.79 Å². The van der Waals surface area contributed by atoms with Crippen LogP contribution in [0.1, 0.15) is 16.8 Å². The van der Waals surface area contributed by atoms with E-state index in [0.717, 1.165) is 0 Å². The van der Waals surface area contributed by atoms with Crippen LogP contribution in [0.4, 0.5) is 0 Å². The first-order valence-electron chi connectivity index (χ1n) is 5.37. The number of hydrogen-bond donors (Lipinski definition) is 1. The molecule has 1 aliphatic carbocycles. The summed E-state index contributed by atoms with van der Waals surface area (Å²) in [6.45, 7) is 0. The minimum atomic E-state index is -1.16. The molecule has 0 aliphatic heterocycles. The van der Waals surface area contributed by atoms with Gasteiger partial charge in [-0.2, -0.15) is 0 Å². The second kappa shape index (κ2) is 5.17. The molecule has 0 saturated heterocycles. The van der Waals surface area contributed by atoms with Crippen LogP contribution in [0.5, 0.6) is 0 Å². The van der Waals surface area contributed by atoms with E-state index in [1.54, 1.807) is 30.3 Å². The van der Waals surface area contributed by atoms with Gasteiger partial charge in [-0.15, -0.1) is 0 Å². The molecular formula is C14H12O2S. The number of carbonyl (C=O) groups is 1. The van der Waals surface area contributed by atoms with Crippen molar-refractivity contribution < 1.29 is 9.90 Å². The van der Waals surface area contributed by atoms with E-state index in [-0.39, 0.29) is 5.78 Å². The fourth-order valence-electron chi connectivity index (χ4n) is 1.70. The van der Waals surface area contributed by atoms with E-state index in [1.165, 1.54) is 0 Å². The predicted molar refractivity (Wildman–Crippen MR) is 71.2 cm³/mol. The molecule has 0 fully saturated rings. The Morgan fingerprint density at radius 1 is 1.29 bits per heavy atom. The highest BCUT2D eigenvalue weighted by Gasteiger charge is 2.24. The highest BCUT2D eigenvalue weighted by atomic mass is 32.1. The number of carbonyl (C=O) groups excluding carboxylic acids is 1. The topological polar surface area (TPSA) is 37.3 Å². The van der Waals surface area contributed by atoms with Gasteiger partial charge < -0.3 is 5.11 Å². The molecule has 3 heteroatoms. The molecule has 1 unspecified atom stereocenters. The van der Waals surface area contributed by atoms with Crippen LogP contribution in [-0.2, 0) is 0 Å². The van der Waals surface area contributed by atoms with Crippen molar-refractivity contribution in [2.24, 2.45) is 0 Å². The standard InChI is InChI=1S/C14H12O2S/c15-13(10-6-2-1-3-7-10)14(16)11-8-4-5-9-12(11)17/h1-8,14,16H,9H2. The lowest BCUT2D eigenvalue weighted by Crippen LogP contribution is -2.27. The van der Waals surface area contributed by atoms with Crippen molar-refractivity contribution in [3.63, 3.8) is 0 Å². The van der Waals surface area contributed by atoms with Crippen molar-refractivity contribution in [1.29, 1.82) is 0 Å². The number of hydrogen-bond acceptors (Lipinski definition) is 3. The smallest absolute Gasteiger partial charge is 0.195 e. The van der Waals surface area contributed by atoms with Crippen molar-refractivity contribution in [3.05, 3.63) is 59.7 Å². The number of benzene rings is 1. The first-order valence-corrected chi connectivity index (χ1v) is 5.78. The maximum atomic E-state index is 12.0. The molecule has 0 saturated carbocycles. The molecule has 0 bridgehead atoms. The van der Waals surface area contributed by atoms with Gasteiger partial charge in [-0.05, 0) is 0 Å². The zero-order valence-electron chi connectivity index (χ0n) is 9.17. The van der Waals surface area contributed by atoms with Crippen molar-refractivity contribution >= 4 is 22.9 Å². The zero-order valence-corrected chi connectivity index (χ0v) is 9.98. The minimum absolute atomic E-state index is 0.311. The van der Waals surface area contributed by atoms with Crippen LogP contribution < -0.4 is 0 Å². The van der Waals surface area contributed by atoms with Crippen molar-refractivity contribution in [2.75, 3.05) is 0 Å². The Morgan fingerprint density at radius 2 is 2.00 bits per heavy atom. The van der Waals surface area contributed by atoms with Crippen LogP contribution in [0.15, 0.2) is 54.1 Å². The zero-order chi connectivity index (χ0) is 12.3. The molecule has 0 amide bonds. The highest BCUT2D eigenvalue weighted by Crippen LogP contribution is 2.17. The summed E-state index contributed by atoms with van der Waals surface area (Å²) in [7, 11) is 0. The first-order chi connectivity index (χ1) is 8.20. The Labute approximate surface area is 105 Å². The second-order valence-electron chi connectivity index (χ2n) is 3.81. The van der Waals surface area contributed by atoms with Gasteiger partial charge >= 0.3 is 0 Å². The molecule has 2 rings (SSSR count). The summed E-state index contributed by atoms with van der Waals surface area (Å²) in [6.07, 6.45) is 4.88. The second-order valence-corrected chi connectivity index (χ2v) is 4.30. The summed E-state index contributed by atoms with van der Waals surface area (Å²) in [5, 5.41) is 10.0. The fourth-order valence-corrected chi connectivity index (χ4v) is 1.98. The van der Waals surface area contributed by atoms with Gasteiger partial charge in [0.1, 0.15) is 6.10 Å². The van der Waals surface area contributed by atoms with Crippen LogP contribution in [0.25, 0.3) is 0 Å². The summed E-state index contributed by atoms with van der Waals surface area (Å²) >= 11 is 5.14. The number of rotatable bonds is 3. The Kier molecular flexibility index (Phi) is 3.61. The fraction of sp³-hybridized carbons (Fsp3) is 0.143. The molecule has 0 spiro atoms. The van der Waals surface area contributed by atoms with E-state index < -0.39 is 6.10 Å². The summed E-state index contributed by atoms with van der Waals surface area (Å²) < 4.78 is 0. The van der Waals surface area contributed by atoms with Gasteiger partial charge in [-0.1, -0.05) is 60.8 Å². The highest BCUT2D eigenvalue weighted by molar-refractivity contribution is 7.80. The number of Topliss-reactive ketones (excluding diaryl/α,β-unsaturated/α-hetero) is 1. The summed E-state index contributed by atoms with van der Waals surface area (Å²) in [6, 6.07) is 8.75. The molecule has 1 N–H and O–H groups in total. The maximum Gasteiger partial charge on any atom is 0.195 e. The Balaban J connectivity index is 2.24. The van der Waals surface area contributed by atoms with E-state index in [1.807, 2.05) is 18.2 Å². The van der Waals surface area contributed by atoms with Gasteiger partial charge in [0, 0.05) is 22.4 Å². The largest absolute Gasteiger partial charge is 0.380 e. The monoisotopic (exact) mass is 244 g/mol. The van der Waals surface area contributed by atoms with Crippen LogP contribution in [0.3, 0.4) is 0 Å². The predicted octanol–water partition coefficient (Wildman–Crippen LogP) is 2.49. The third-order valence-electron chi connectivity index (χ3n) is 2.64. The molecule has 1 aliphatic rings. The minimum Gasteiger partial charge on any atom is -0.380 e. The molecular weight excluding hydrogens is 232 g/mol. The van der Waals surface area contributed by atoms with Gasteiger partial charge in [0.2, 0.25) is 0 Å². The average molecular weight is 244 g/mol. The normalized spacial score (nSPS) is 16.5. The van der Waals surface area contributed by atoms with Crippen molar-refractivity contribution in [3.8, 4) is 0 Å². The molecule has 0 heterocycles. The Bertz CT molecular complexity index is 500. The Morgan fingerprint density at radius 3 is 2.65 bits per heavy atom. The summed E-state index contributed by atoms with van der Waals surface area (Å²) in [5.41, 5.74) is 1.04. The van der Waals surface area contributed by atoms with Gasteiger partial charge in [0.25, 0.3) is 0 Å². The lowest BCUT2D eigenvalue weighted by Gasteiger charge is -2.16. The number of allylic oxidation sites excluding steroid dienone is 3. The molecule has 86 valence electrons. The number of aliphatic hydroxyl groups is 1. The maximum absolute atomic E-state index is 12.0. The lowest BCUT2D eigenvalue weighted by molar-refractivity contribution is 0.0812. The quantitative estimate of drug-likeness (QED) is 0.655. The molecule has 17 heavy (non-hydrogen) atoms. The van der Waals surface area contributed by atoms with Crippen LogP contribution in [0, 0.1) is 0 Å². The van der Waals surface area contributed by atoms with Crippen molar-refractivity contribution in [2.45, 2.75) is 12.5 Å². The van der Waals surface area contributed by atoms with Crippen LogP contribution in [-0.4, -0.2) is 21.9 Å². The first kappa shape index (κ1) is 11.9. The SMILES string of the molecule is O=C(c1ccccc1)C(O)C1=CC=CCC1=S. The van der Waals surface area contributed by atoms with Crippen molar-refractivity contribution in [1.82, 2.24) is 0 Å². The van der Waals surface area contributed by atoms with E-state index in [9.17, 15) is 9.90 Å².